The van der Waals surface area contributed by atoms with Gasteiger partial charge in [-0.3, -0.25) is 0 Å². The molecule has 0 saturated carbocycles. The lowest BCUT2D eigenvalue weighted by atomic mass is 10.2. The molecule has 1 fully saturated rings. The van der Waals surface area contributed by atoms with Gasteiger partial charge in [-0.1, -0.05) is 6.92 Å². The maximum absolute atomic E-state index is 12.8. The number of sulfonamides is 1. The summed E-state index contributed by atoms with van der Waals surface area (Å²) in [4.78, 5) is 1.36. The van der Waals surface area contributed by atoms with Crippen LogP contribution in [-0.2, 0) is 21.3 Å². The largest absolute Gasteiger partial charge is 0.377 e. The van der Waals surface area contributed by atoms with E-state index in [0.717, 1.165) is 17.8 Å². The molecule has 0 radical (unpaired) electrons. The molecule has 2 atom stereocenters. The fourth-order valence-corrected chi connectivity index (χ4v) is 6.49. The van der Waals surface area contributed by atoms with Crippen molar-refractivity contribution >= 4 is 37.3 Å². The molecule has 2 rings (SSSR count). The molecule has 1 aliphatic heterocycles. The minimum Gasteiger partial charge on any atom is -0.377 e. The van der Waals surface area contributed by atoms with Gasteiger partial charge in [-0.05, 0) is 41.9 Å². The van der Waals surface area contributed by atoms with Crippen LogP contribution < -0.4 is 5.32 Å². The van der Waals surface area contributed by atoms with Gasteiger partial charge in [-0.2, -0.15) is 4.31 Å². The molecule has 8 heteroatoms. The lowest BCUT2D eigenvalue weighted by Gasteiger charge is -2.25. The van der Waals surface area contributed by atoms with E-state index in [-0.39, 0.29) is 12.1 Å². The third-order valence-corrected chi connectivity index (χ3v) is 7.85. The Labute approximate surface area is 138 Å². The first-order valence-corrected chi connectivity index (χ1v) is 10.0. The van der Waals surface area contributed by atoms with E-state index in [4.69, 9.17) is 4.74 Å². The third-order valence-electron chi connectivity index (χ3n) is 3.72. The molecule has 21 heavy (non-hydrogen) atoms. The van der Waals surface area contributed by atoms with Crippen molar-refractivity contribution in [3.63, 3.8) is 0 Å². The van der Waals surface area contributed by atoms with Crippen LogP contribution in [0.25, 0.3) is 0 Å². The molecule has 0 aromatic carbocycles. The smallest absolute Gasteiger partial charge is 0.245 e. The summed E-state index contributed by atoms with van der Waals surface area (Å²) in [6.45, 7) is 6.09. The highest BCUT2D eigenvalue weighted by molar-refractivity contribution is 9.11. The molecule has 0 bridgehead atoms. The first-order valence-electron chi connectivity index (χ1n) is 6.96. The van der Waals surface area contributed by atoms with Gasteiger partial charge in [0.05, 0.1) is 15.9 Å². The zero-order valence-electron chi connectivity index (χ0n) is 12.4. The predicted molar refractivity (Wildman–Crippen MR) is 88.2 cm³/mol. The van der Waals surface area contributed by atoms with Crippen LogP contribution in [-0.4, -0.2) is 45.1 Å². The number of ether oxygens (including phenoxy) is 1. The van der Waals surface area contributed by atoms with Gasteiger partial charge in [0.2, 0.25) is 10.0 Å². The van der Waals surface area contributed by atoms with Gasteiger partial charge in [0.25, 0.3) is 0 Å². The summed E-state index contributed by atoms with van der Waals surface area (Å²) < 4.78 is 33.2. The highest BCUT2D eigenvalue weighted by atomic mass is 79.9. The molecule has 2 heterocycles. The highest BCUT2D eigenvalue weighted by Gasteiger charge is 2.36. The Hall–Kier alpha value is 0.01000. The number of hydrogen-bond donors (Lipinski definition) is 1. The van der Waals surface area contributed by atoms with Crippen LogP contribution in [0.4, 0.5) is 0 Å². The second-order valence-corrected chi connectivity index (χ2v) is 9.50. The van der Waals surface area contributed by atoms with Crippen LogP contribution in [0.1, 0.15) is 25.1 Å². The fourth-order valence-electron chi connectivity index (χ4n) is 2.44. The van der Waals surface area contributed by atoms with E-state index >= 15 is 0 Å². The van der Waals surface area contributed by atoms with E-state index in [1.165, 1.54) is 15.6 Å². The molecule has 1 aromatic rings. The van der Waals surface area contributed by atoms with Crippen LogP contribution in [0.5, 0.6) is 0 Å². The van der Waals surface area contributed by atoms with Crippen molar-refractivity contribution < 1.29 is 13.2 Å². The minimum absolute atomic E-state index is 0.0663. The predicted octanol–water partition coefficient (Wildman–Crippen LogP) is 2.42. The quantitative estimate of drug-likeness (QED) is 0.801. The second kappa shape index (κ2) is 7.06. The molecule has 0 aliphatic carbocycles. The van der Waals surface area contributed by atoms with E-state index in [1.807, 2.05) is 13.8 Å². The van der Waals surface area contributed by atoms with E-state index in [1.54, 1.807) is 13.1 Å². The lowest BCUT2D eigenvalue weighted by Crippen LogP contribution is -2.40. The SMILES string of the molecule is CCNCc1cc(S(=O)(=O)N(C)C2CCOC2C)c(Br)s1. The van der Waals surface area contributed by atoms with Gasteiger partial charge in [-0.25, -0.2) is 8.42 Å². The first-order chi connectivity index (χ1) is 9.87. The molecule has 0 spiro atoms. The maximum atomic E-state index is 12.8. The second-order valence-electron chi connectivity index (χ2n) is 5.08. The standard InChI is InChI=1S/C13H21BrN2O3S2/c1-4-15-8-10-7-12(13(14)20-10)21(17,18)16(3)11-5-6-19-9(11)2/h7,9,11,15H,4-6,8H2,1-3H3. The summed E-state index contributed by atoms with van der Waals surface area (Å²) in [6, 6.07) is 1.66. The zero-order valence-corrected chi connectivity index (χ0v) is 15.6. The maximum Gasteiger partial charge on any atom is 0.245 e. The molecule has 120 valence electrons. The van der Waals surface area contributed by atoms with Gasteiger partial charge >= 0.3 is 0 Å². The molecule has 0 amide bonds. The minimum atomic E-state index is -3.50. The third kappa shape index (κ3) is 3.68. The molecule has 2 unspecified atom stereocenters. The Morgan fingerprint density at radius 1 is 1.57 bits per heavy atom. The lowest BCUT2D eigenvalue weighted by molar-refractivity contribution is 0.102. The molecular weight excluding hydrogens is 376 g/mol. The Balaban J connectivity index is 2.24. The van der Waals surface area contributed by atoms with Crippen LogP contribution in [0.3, 0.4) is 0 Å². The molecule has 5 nitrogen and oxygen atoms in total. The van der Waals surface area contributed by atoms with Gasteiger partial charge in [-0.15, -0.1) is 11.3 Å². The van der Waals surface area contributed by atoms with Crippen LogP contribution >= 0.6 is 27.3 Å². The summed E-state index contributed by atoms with van der Waals surface area (Å²) in [7, 11) is -1.86. The Kier molecular flexibility index (Phi) is 5.84. The van der Waals surface area contributed by atoms with Gasteiger partial charge in [0.1, 0.15) is 4.90 Å². The summed E-state index contributed by atoms with van der Waals surface area (Å²) in [6.07, 6.45) is 0.673. The molecule has 1 aliphatic rings. The number of halogens is 1. The van der Waals surface area contributed by atoms with Crippen molar-refractivity contribution in [3.8, 4) is 0 Å². The van der Waals surface area contributed by atoms with E-state index in [2.05, 4.69) is 21.2 Å². The molecule has 1 aromatic heterocycles. The van der Waals surface area contributed by atoms with Crippen LogP contribution in [0.15, 0.2) is 14.7 Å². The molecule has 1 N–H and O–H groups in total. The Morgan fingerprint density at radius 2 is 2.29 bits per heavy atom. The van der Waals surface area contributed by atoms with Gasteiger partial charge < -0.3 is 10.1 Å². The number of likely N-dealkylation sites (N-methyl/N-ethyl adjacent to an activating group) is 1. The highest BCUT2D eigenvalue weighted by Crippen LogP contribution is 2.35. The molecular formula is C13H21BrN2O3S2. The molecule has 1 saturated heterocycles. The monoisotopic (exact) mass is 396 g/mol. The Bertz CT molecular complexity index is 588. The van der Waals surface area contributed by atoms with Crippen molar-refractivity contribution in [1.82, 2.24) is 9.62 Å². The average Bonchev–Trinajstić information content (AvgIpc) is 3.01. The first kappa shape index (κ1) is 17.4. The average molecular weight is 397 g/mol. The van der Waals surface area contributed by atoms with E-state index < -0.39 is 10.0 Å². The number of rotatable bonds is 6. The number of hydrogen-bond acceptors (Lipinski definition) is 5. The van der Waals surface area contributed by atoms with E-state index in [9.17, 15) is 8.42 Å². The summed E-state index contributed by atoms with van der Waals surface area (Å²) in [5.74, 6) is 0. The fraction of sp³-hybridized carbons (Fsp3) is 0.692. The normalized spacial score (nSPS) is 23.1. The number of thiophene rings is 1. The van der Waals surface area contributed by atoms with Crippen LogP contribution in [0.2, 0.25) is 0 Å². The van der Waals surface area contributed by atoms with E-state index in [0.29, 0.717) is 21.8 Å². The van der Waals surface area contributed by atoms with Gasteiger partial charge in [0, 0.05) is 25.1 Å². The zero-order chi connectivity index (χ0) is 15.6. The van der Waals surface area contributed by atoms with Crippen molar-refractivity contribution in [1.29, 1.82) is 0 Å². The summed E-state index contributed by atoms with van der Waals surface area (Å²) >= 11 is 4.85. The van der Waals surface area contributed by atoms with Crippen molar-refractivity contribution in [2.24, 2.45) is 0 Å². The van der Waals surface area contributed by atoms with Crippen molar-refractivity contribution in [2.75, 3.05) is 20.2 Å². The Morgan fingerprint density at radius 3 is 2.86 bits per heavy atom. The topological polar surface area (TPSA) is 58.6 Å². The number of nitrogens with one attached hydrogen (secondary N) is 1. The van der Waals surface area contributed by atoms with Crippen LogP contribution in [0, 0.1) is 0 Å². The van der Waals surface area contributed by atoms with Crippen molar-refractivity contribution in [2.45, 2.75) is 43.9 Å². The number of nitrogens with zero attached hydrogens (tertiary/aromatic N) is 1. The van der Waals surface area contributed by atoms with Crippen molar-refractivity contribution in [3.05, 3.63) is 14.7 Å². The summed E-state index contributed by atoms with van der Waals surface area (Å²) in [5, 5.41) is 3.21. The van der Waals surface area contributed by atoms with Gasteiger partial charge in [0.15, 0.2) is 0 Å². The summed E-state index contributed by atoms with van der Waals surface area (Å²) in [5.41, 5.74) is 0.